The summed E-state index contributed by atoms with van der Waals surface area (Å²) in [5.41, 5.74) is 10.9. The molecule has 0 aliphatic carbocycles. The topological polar surface area (TPSA) is 90.7 Å². The highest BCUT2D eigenvalue weighted by molar-refractivity contribution is 6.15. The molecule has 0 saturated heterocycles. The lowest BCUT2D eigenvalue weighted by Gasteiger charge is -2.09. The molecule has 0 N–H and O–H groups in total. The molecule has 7 nitrogen and oxygen atoms in total. The van der Waals surface area contributed by atoms with Crippen LogP contribution in [0.4, 0.5) is 0 Å². The fraction of sp³-hybridized carbons (Fsp3) is 0. The number of hydrogen-bond donors (Lipinski definition) is 0. The molecule has 0 radical (unpaired) electrons. The Kier molecular flexibility index (Phi) is 7.35. The minimum atomic E-state index is 0.575. The van der Waals surface area contributed by atoms with E-state index in [1.165, 1.54) is 0 Å². The van der Waals surface area contributed by atoms with Gasteiger partial charge in [-0.15, -0.1) is 0 Å². The zero-order valence-corrected chi connectivity index (χ0v) is 29.8. The first kappa shape index (κ1) is 31.7. The summed E-state index contributed by atoms with van der Waals surface area (Å²) in [5, 5.41) is 2.86. The van der Waals surface area contributed by atoms with Crippen LogP contribution in [-0.4, -0.2) is 24.9 Å². The highest BCUT2D eigenvalue weighted by Crippen LogP contribution is 2.42. The van der Waals surface area contributed by atoms with Gasteiger partial charge in [-0.2, -0.15) is 0 Å². The van der Waals surface area contributed by atoms with Gasteiger partial charge in [0.2, 0.25) is 0 Å². The molecule has 7 aromatic carbocycles. The quantitative estimate of drug-likeness (QED) is 0.169. The van der Waals surface area contributed by atoms with Gasteiger partial charge >= 0.3 is 0 Å². The van der Waals surface area contributed by atoms with Gasteiger partial charge in [0, 0.05) is 49.5 Å². The first-order chi connectivity index (χ1) is 27.7. The van der Waals surface area contributed by atoms with Crippen LogP contribution in [0.15, 0.2) is 185 Å². The SMILES string of the molecule is c1ccc(-c2nc(-c3ccccc3)nc(-c3cccc4oc5c(-c6cccc(-c7nc(-c8ccccc8)nc8c7oc7ccccc78)c6)cccc5c34)n2)cc1. The van der Waals surface area contributed by atoms with Crippen molar-refractivity contribution in [2.45, 2.75) is 0 Å². The van der Waals surface area contributed by atoms with E-state index in [2.05, 4.69) is 48.5 Å². The molecule has 0 fully saturated rings. The van der Waals surface area contributed by atoms with Crippen molar-refractivity contribution in [2.75, 3.05) is 0 Å². The third-order valence-electron chi connectivity index (χ3n) is 10.2. The van der Waals surface area contributed by atoms with Crippen molar-refractivity contribution in [1.29, 1.82) is 0 Å². The fourth-order valence-electron chi connectivity index (χ4n) is 7.53. The van der Waals surface area contributed by atoms with Crippen LogP contribution in [0.2, 0.25) is 0 Å². The van der Waals surface area contributed by atoms with E-state index in [4.69, 9.17) is 33.8 Å². The van der Waals surface area contributed by atoms with Crippen molar-refractivity contribution in [3.8, 4) is 67.9 Å². The molecule has 0 unspecified atom stereocenters. The Hall–Kier alpha value is -7.77. The highest BCUT2D eigenvalue weighted by Gasteiger charge is 2.21. The summed E-state index contributed by atoms with van der Waals surface area (Å²) in [7, 11) is 0. The maximum absolute atomic E-state index is 6.75. The molecule has 262 valence electrons. The highest BCUT2D eigenvalue weighted by atomic mass is 16.3. The van der Waals surface area contributed by atoms with Crippen LogP contribution < -0.4 is 0 Å². The van der Waals surface area contributed by atoms with E-state index in [0.717, 1.165) is 83.1 Å². The maximum Gasteiger partial charge on any atom is 0.180 e. The second-order valence-corrected chi connectivity index (χ2v) is 13.6. The van der Waals surface area contributed by atoms with Crippen LogP contribution in [0.3, 0.4) is 0 Å². The number of hydrogen-bond acceptors (Lipinski definition) is 7. The van der Waals surface area contributed by atoms with E-state index in [1.807, 2.05) is 127 Å². The van der Waals surface area contributed by atoms with Crippen LogP contribution in [0.1, 0.15) is 0 Å². The molecule has 0 aliphatic rings. The minimum Gasteiger partial charge on any atom is -0.455 e. The minimum absolute atomic E-state index is 0.575. The van der Waals surface area contributed by atoms with Gasteiger partial charge in [-0.3, -0.25) is 0 Å². The van der Waals surface area contributed by atoms with E-state index in [-0.39, 0.29) is 0 Å². The number of para-hydroxylation sites is 2. The number of aromatic nitrogens is 5. The molecule has 11 aromatic rings. The Morgan fingerprint density at radius 3 is 1.54 bits per heavy atom. The molecule has 0 saturated carbocycles. The molecule has 0 bridgehead atoms. The van der Waals surface area contributed by atoms with E-state index < -0.39 is 0 Å². The van der Waals surface area contributed by atoms with Gasteiger partial charge in [0.15, 0.2) is 28.9 Å². The summed E-state index contributed by atoms with van der Waals surface area (Å²) in [6.45, 7) is 0. The Morgan fingerprint density at radius 1 is 0.321 bits per heavy atom. The second kappa shape index (κ2) is 13.0. The van der Waals surface area contributed by atoms with E-state index >= 15 is 0 Å². The number of benzene rings is 7. The van der Waals surface area contributed by atoms with Gasteiger partial charge in [0.25, 0.3) is 0 Å². The Bertz CT molecular complexity index is 3190. The molecule has 7 heteroatoms. The lowest BCUT2D eigenvalue weighted by atomic mass is 9.98. The molecule has 0 amide bonds. The first-order valence-corrected chi connectivity index (χ1v) is 18.4. The summed E-state index contributed by atoms with van der Waals surface area (Å²) in [6.07, 6.45) is 0. The average Bonchev–Trinajstić information content (AvgIpc) is 3.86. The largest absolute Gasteiger partial charge is 0.455 e. The lowest BCUT2D eigenvalue weighted by molar-refractivity contribution is 0.667. The van der Waals surface area contributed by atoms with Crippen molar-refractivity contribution in [1.82, 2.24) is 24.9 Å². The maximum atomic E-state index is 6.75. The van der Waals surface area contributed by atoms with Gasteiger partial charge in [-0.05, 0) is 29.8 Å². The summed E-state index contributed by atoms with van der Waals surface area (Å²) < 4.78 is 13.2. The van der Waals surface area contributed by atoms with Crippen molar-refractivity contribution in [3.05, 3.63) is 176 Å². The molecule has 0 atom stereocenters. The van der Waals surface area contributed by atoms with Crippen molar-refractivity contribution < 1.29 is 8.83 Å². The second-order valence-electron chi connectivity index (χ2n) is 13.6. The Morgan fingerprint density at radius 2 is 0.821 bits per heavy atom. The Balaban J connectivity index is 1.09. The van der Waals surface area contributed by atoms with E-state index in [0.29, 0.717) is 28.9 Å². The summed E-state index contributed by atoms with van der Waals surface area (Å²) in [6, 6.07) is 58.8. The number of fused-ring (bicyclic) bond motifs is 6. The van der Waals surface area contributed by atoms with E-state index in [1.54, 1.807) is 0 Å². The van der Waals surface area contributed by atoms with Gasteiger partial charge in [-0.1, -0.05) is 152 Å². The predicted octanol–water partition coefficient (Wildman–Crippen LogP) is 12.5. The van der Waals surface area contributed by atoms with Crippen LogP contribution in [0, 0.1) is 0 Å². The first-order valence-electron chi connectivity index (χ1n) is 18.4. The van der Waals surface area contributed by atoms with E-state index in [9.17, 15) is 0 Å². The molecule has 11 rings (SSSR count). The zero-order chi connectivity index (χ0) is 37.0. The van der Waals surface area contributed by atoms with Gasteiger partial charge in [0.05, 0.1) is 0 Å². The van der Waals surface area contributed by atoms with Crippen LogP contribution in [-0.2, 0) is 0 Å². The lowest BCUT2D eigenvalue weighted by Crippen LogP contribution is -2.00. The van der Waals surface area contributed by atoms with Crippen molar-refractivity contribution in [2.24, 2.45) is 0 Å². The molecule has 56 heavy (non-hydrogen) atoms. The summed E-state index contributed by atoms with van der Waals surface area (Å²) >= 11 is 0. The zero-order valence-electron chi connectivity index (χ0n) is 29.8. The average molecular weight is 720 g/mol. The smallest absolute Gasteiger partial charge is 0.180 e. The third kappa shape index (κ3) is 5.33. The molecule has 4 aromatic heterocycles. The Labute approximate surface area is 320 Å². The molecular weight excluding hydrogens is 691 g/mol. The van der Waals surface area contributed by atoms with Gasteiger partial charge < -0.3 is 8.83 Å². The fourth-order valence-corrected chi connectivity index (χ4v) is 7.53. The molecular formula is C49H29N5O2. The summed E-state index contributed by atoms with van der Waals surface area (Å²) in [4.78, 5) is 25.1. The monoisotopic (exact) mass is 719 g/mol. The normalized spacial score (nSPS) is 11.6. The summed E-state index contributed by atoms with van der Waals surface area (Å²) in [5.74, 6) is 2.43. The van der Waals surface area contributed by atoms with Crippen molar-refractivity contribution in [3.63, 3.8) is 0 Å². The van der Waals surface area contributed by atoms with Crippen LogP contribution in [0.25, 0.3) is 112 Å². The molecule has 4 heterocycles. The standard InChI is InChI=1S/C49H29N5O2/c1-4-15-30(16-5-1)46-50-42(45-43(51-46)36-23-10-11-27-39(36)55-45)34-22-12-21-33(29-34)35-24-13-25-37-41-38(26-14-28-40(41)56-44(35)37)49-53-47(31-17-6-2-7-18-31)52-48(54-49)32-19-8-3-9-20-32/h1-29H. The molecule has 0 aliphatic heterocycles. The van der Waals surface area contributed by atoms with Crippen molar-refractivity contribution >= 4 is 44.0 Å². The number of furan rings is 2. The van der Waals surface area contributed by atoms with Gasteiger partial charge in [0.1, 0.15) is 28.0 Å². The van der Waals surface area contributed by atoms with Crippen LogP contribution >= 0.6 is 0 Å². The molecule has 0 spiro atoms. The number of nitrogens with zero attached hydrogens (tertiary/aromatic N) is 5. The van der Waals surface area contributed by atoms with Crippen LogP contribution in [0.5, 0.6) is 0 Å². The third-order valence-corrected chi connectivity index (χ3v) is 10.2. The number of rotatable bonds is 6. The van der Waals surface area contributed by atoms with Gasteiger partial charge in [-0.25, -0.2) is 24.9 Å². The predicted molar refractivity (Wildman–Crippen MR) is 223 cm³/mol.